The first-order valence-electron chi connectivity index (χ1n) is 15.8. The zero-order valence-corrected chi connectivity index (χ0v) is 26.9. The number of amides is 1. The molecule has 2 fully saturated rings. The van der Waals surface area contributed by atoms with Crippen molar-refractivity contribution in [2.24, 2.45) is 22.2 Å². The molecule has 1 aromatic rings. The Hall–Kier alpha value is -3.11. The number of aliphatic imine (C=N–C) groups is 1. The predicted octanol–water partition coefficient (Wildman–Crippen LogP) is 7.03. The highest BCUT2D eigenvalue weighted by atomic mass is 16.3. The van der Waals surface area contributed by atoms with E-state index in [2.05, 4.69) is 42.8 Å². The molecule has 2 atom stereocenters. The van der Waals surface area contributed by atoms with E-state index in [0.717, 1.165) is 81.4 Å². The minimum Gasteiger partial charge on any atom is -0.386 e. The topological polar surface area (TPSA) is 83.2 Å². The molecule has 0 spiro atoms. The van der Waals surface area contributed by atoms with Crippen molar-refractivity contribution >= 4 is 23.5 Å². The minimum atomic E-state index is -1.01. The highest BCUT2D eigenvalue weighted by Gasteiger charge is 2.39. The standard InChI is InChI=1S/C35H51N5O2/c1-8-25(3)29(34(4,5)42)21-37-32(9-2)40(33(41)28-13-10-14-28)22-27-12-11-17-35(6,19-27)23-39-24-38(7)30-16-15-26(20-36)18-31(30)39/h9,15-16,18,21,27-28,42H,8,10-14,17,19,22-24H2,1-7H3/b29-25-,32-9+,37-21-/t27?,35-/m0/s1. The van der Waals surface area contributed by atoms with E-state index in [1.165, 1.54) is 5.69 Å². The van der Waals surface area contributed by atoms with Gasteiger partial charge in [-0.3, -0.25) is 9.69 Å². The van der Waals surface area contributed by atoms with E-state index in [-0.39, 0.29) is 17.2 Å². The number of carbonyl (C=O) groups is 1. The summed E-state index contributed by atoms with van der Waals surface area (Å²) in [5.74, 6) is 1.34. The fourth-order valence-corrected chi connectivity index (χ4v) is 7.03. The number of fused-ring (bicyclic) bond motifs is 1. The first-order chi connectivity index (χ1) is 19.9. The number of anilines is 2. The summed E-state index contributed by atoms with van der Waals surface area (Å²) in [6.45, 7) is 14.5. The second-order valence-corrected chi connectivity index (χ2v) is 13.7. The molecule has 1 N–H and O–H groups in total. The molecule has 4 rings (SSSR count). The van der Waals surface area contributed by atoms with Gasteiger partial charge in [0.25, 0.3) is 0 Å². The van der Waals surface area contributed by atoms with Crippen LogP contribution in [0.15, 0.2) is 46.2 Å². The van der Waals surface area contributed by atoms with Gasteiger partial charge >= 0.3 is 0 Å². The molecular weight excluding hydrogens is 522 g/mol. The summed E-state index contributed by atoms with van der Waals surface area (Å²) in [7, 11) is 2.11. The Morgan fingerprint density at radius 2 is 2.00 bits per heavy atom. The smallest absolute Gasteiger partial charge is 0.231 e. The van der Waals surface area contributed by atoms with Gasteiger partial charge in [-0.1, -0.05) is 32.3 Å². The molecule has 0 bridgehead atoms. The Morgan fingerprint density at radius 3 is 2.60 bits per heavy atom. The number of carbonyl (C=O) groups excluding carboxylic acids is 1. The lowest BCUT2D eigenvalue weighted by Gasteiger charge is -2.43. The molecule has 3 aliphatic rings. The van der Waals surface area contributed by atoms with Gasteiger partial charge in [0.1, 0.15) is 5.82 Å². The quantitative estimate of drug-likeness (QED) is 0.304. The monoisotopic (exact) mass is 573 g/mol. The molecule has 0 aromatic heterocycles. The molecule has 2 aliphatic carbocycles. The van der Waals surface area contributed by atoms with Crippen LogP contribution in [0.3, 0.4) is 0 Å². The van der Waals surface area contributed by atoms with Crippen LogP contribution in [0.1, 0.15) is 98.5 Å². The number of allylic oxidation sites excluding steroid dienone is 2. The van der Waals surface area contributed by atoms with Gasteiger partial charge in [-0.15, -0.1) is 0 Å². The Labute approximate surface area is 253 Å². The molecule has 7 heteroatoms. The molecule has 0 radical (unpaired) electrons. The van der Waals surface area contributed by atoms with Crippen LogP contribution in [0.2, 0.25) is 0 Å². The molecule has 228 valence electrons. The van der Waals surface area contributed by atoms with Gasteiger partial charge in [-0.25, -0.2) is 4.99 Å². The lowest BCUT2D eigenvalue weighted by Crippen LogP contribution is -2.44. The fraction of sp³-hybridized carbons (Fsp3) is 0.629. The summed E-state index contributed by atoms with van der Waals surface area (Å²) in [4.78, 5) is 25.3. The Bertz CT molecular complexity index is 1280. The van der Waals surface area contributed by atoms with Crippen LogP contribution in [-0.2, 0) is 4.79 Å². The Kier molecular flexibility index (Phi) is 9.88. The van der Waals surface area contributed by atoms with Crippen molar-refractivity contribution in [3.8, 4) is 6.07 Å². The first-order valence-corrected chi connectivity index (χ1v) is 15.8. The Balaban J connectivity index is 1.54. The van der Waals surface area contributed by atoms with E-state index in [4.69, 9.17) is 4.99 Å². The summed E-state index contributed by atoms with van der Waals surface area (Å²) in [6, 6.07) is 8.28. The molecule has 1 aliphatic heterocycles. The number of nitrogens with zero attached hydrogens (tertiary/aromatic N) is 5. The van der Waals surface area contributed by atoms with Gasteiger partial charge in [0.05, 0.1) is 35.3 Å². The van der Waals surface area contributed by atoms with Gasteiger partial charge in [0, 0.05) is 37.8 Å². The van der Waals surface area contributed by atoms with Crippen LogP contribution >= 0.6 is 0 Å². The van der Waals surface area contributed by atoms with Crippen LogP contribution in [-0.4, -0.2) is 54.5 Å². The zero-order valence-electron chi connectivity index (χ0n) is 26.9. The van der Waals surface area contributed by atoms with Crippen LogP contribution in [0.4, 0.5) is 11.4 Å². The van der Waals surface area contributed by atoms with Crippen molar-refractivity contribution in [3.05, 3.63) is 46.8 Å². The fourth-order valence-electron chi connectivity index (χ4n) is 7.03. The summed E-state index contributed by atoms with van der Waals surface area (Å²) >= 11 is 0. The van der Waals surface area contributed by atoms with Crippen LogP contribution in [0.5, 0.6) is 0 Å². The summed E-state index contributed by atoms with van der Waals surface area (Å²) in [6.07, 6.45) is 12.0. The second kappa shape index (κ2) is 13.0. The molecule has 1 aromatic carbocycles. The third kappa shape index (κ3) is 7.09. The number of aliphatic hydroxyl groups is 1. The predicted molar refractivity (Wildman–Crippen MR) is 172 cm³/mol. The van der Waals surface area contributed by atoms with Crippen LogP contribution in [0, 0.1) is 28.6 Å². The number of hydrogen-bond donors (Lipinski definition) is 1. The minimum absolute atomic E-state index is 0.0813. The summed E-state index contributed by atoms with van der Waals surface area (Å²) < 4.78 is 0. The maximum atomic E-state index is 13.8. The number of hydrogen-bond acceptors (Lipinski definition) is 6. The van der Waals surface area contributed by atoms with E-state index in [9.17, 15) is 15.2 Å². The molecule has 1 amide bonds. The molecule has 0 saturated heterocycles. The van der Waals surface area contributed by atoms with Crippen molar-refractivity contribution in [2.45, 2.75) is 98.5 Å². The van der Waals surface area contributed by atoms with Crippen molar-refractivity contribution in [1.29, 1.82) is 5.26 Å². The number of benzene rings is 1. The third-order valence-corrected chi connectivity index (χ3v) is 9.66. The molecule has 1 unspecified atom stereocenters. The van der Waals surface area contributed by atoms with Crippen molar-refractivity contribution < 1.29 is 9.90 Å². The van der Waals surface area contributed by atoms with Crippen molar-refractivity contribution in [3.63, 3.8) is 0 Å². The SMILES string of the molecule is C\C=C(/N=C\C(=C(/C)CC)C(C)(C)O)N(CC1CCC[C@](C)(CN2CN(C)c3ccc(C#N)cc32)C1)C(=O)C1CCC1. The maximum absolute atomic E-state index is 13.8. The average Bonchev–Trinajstić information content (AvgIpc) is 3.21. The summed E-state index contributed by atoms with van der Waals surface area (Å²) in [5.41, 5.74) is 4.02. The number of rotatable bonds is 10. The summed E-state index contributed by atoms with van der Waals surface area (Å²) in [5, 5.41) is 20.3. The third-order valence-electron chi connectivity index (χ3n) is 9.66. The molecule has 2 saturated carbocycles. The Morgan fingerprint density at radius 1 is 1.26 bits per heavy atom. The number of nitriles is 1. The van der Waals surface area contributed by atoms with Gasteiger partial charge < -0.3 is 14.9 Å². The molecular formula is C35H51N5O2. The average molecular weight is 574 g/mol. The van der Waals surface area contributed by atoms with Crippen molar-refractivity contribution in [2.75, 3.05) is 36.6 Å². The maximum Gasteiger partial charge on any atom is 0.231 e. The van der Waals surface area contributed by atoms with E-state index >= 15 is 0 Å². The van der Waals surface area contributed by atoms with E-state index in [0.29, 0.717) is 23.8 Å². The van der Waals surface area contributed by atoms with E-state index in [1.54, 1.807) is 20.1 Å². The lowest BCUT2D eigenvalue weighted by atomic mass is 9.70. The molecule has 7 nitrogen and oxygen atoms in total. The van der Waals surface area contributed by atoms with Crippen LogP contribution in [0.25, 0.3) is 0 Å². The highest BCUT2D eigenvalue weighted by molar-refractivity contribution is 5.85. The van der Waals surface area contributed by atoms with Gasteiger partial charge in [-0.2, -0.15) is 5.26 Å². The zero-order chi connectivity index (χ0) is 30.7. The lowest BCUT2D eigenvalue weighted by molar-refractivity contribution is -0.137. The van der Waals surface area contributed by atoms with Gasteiger partial charge in [0.2, 0.25) is 5.91 Å². The van der Waals surface area contributed by atoms with Crippen LogP contribution < -0.4 is 9.80 Å². The van der Waals surface area contributed by atoms with Crippen molar-refractivity contribution in [1.82, 2.24) is 4.90 Å². The molecule has 1 heterocycles. The van der Waals surface area contributed by atoms with E-state index < -0.39 is 5.60 Å². The second-order valence-electron chi connectivity index (χ2n) is 13.7. The van der Waals surface area contributed by atoms with Gasteiger partial charge in [-0.05, 0) is 102 Å². The normalized spacial score (nSPS) is 23.9. The van der Waals surface area contributed by atoms with E-state index in [1.807, 2.05) is 37.0 Å². The molecule has 42 heavy (non-hydrogen) atoms. The first kappa shape index (κ1) is 31.8. The largest absolute Gasteiger partial charge is 0.386 e. The highest BCUT2D eigenvalue weighted by Crippen LogP contribution is 2.44. The van der Waals surface area contributed by atoms with Gasteiger partial charge in [0.15, 0.2) is 0 Å².